The van der Waals surface area contributed by atoms with Gasteiger partial charge in [-0.2, -0.15) is 0 Å². The third-order valence-corrected chi connectivity index (χ3v) is 4.46. The van der Waals surface area contributed by atoms with E-state index in [9.17, 15) is 9.59 Å². The van der Waals surface area contributed by atoms with Gasteiger partial charge < -0.3 is 10.6 Å². The number of nitrogens with zero attached hydrogens (tertiary/aromatic N) is 1. The monoisotopic (exact) mass is 357 g/mol. The van der Waals surface area contributed by atoms with Crippen molar-refractivity contribution in [1.82, 2.24) is 10.6 Å². The maximum atomic E-state index is 12.8. The highest BCUT2D eigenvalue weighted by Gasteiger charge is 2.37. The molecule has 2 aromatic carbocycles. The minimum Gasteiger partial charge on any atom is -0.355 e. The highest BCUT2D eigenvalue weighted by Crippen LogP contribution is 2.32. The van der Waals surface area contributed by atoms with Gasteiger partial charge in [-0.05, 0) is 36.2 Å². The first-order valence-corrected chi connectivity index (χ1v) is 8.65. The Bertz CT molecular complexity index is 776. The summed E-state index contributed by atoms with van der Waals surface area (Å²) in [6.45, 7) is 2.77. The Morgan fingerprint density at radius 3 is 2.56 bits per heavy atom. The fourth-order valence-corrected chi connectivity index (χ4v) is 3.13. The van der Waals surface area contributed by atoms with E-state index in [0.29, 0.717) is 24.5 Å². The summed E-state index contributed by atoms with van der Waals surface area (Å²) in [6, 6.07) is 14.1. The van der Waals surface area contributed by atoms with Gasteiger partial charge in [-0.1, -0.05) is 41.9 Å². The molecule has 6 heteroatoms. The van der Waals surface area contributed by atoms with E-state index in [1.54, 1.807) is 17.0 Å². The second-order valence-corrected chi connectivity index (χ2v) is 6.33. The largest absolute Gasteiger partial charge is 0.355 e. The van der Waals surface area contributed by atoms with E-state index in [2.05, 4.69) is 10.6 Å². The van der Waals surface area contributed by atoms with E-state index in [1.807, 2.05) is 43.3 Å². The second kappa shape index (κ2) is 7.57. The van der Waals surface area contributed by atoms with Crippen LogP contribution in [0.25, 0.3) is 0 Å². The first-order valence-electron chi connectivity index (χ1n) is 8.27. The Labute approximate surface area is 152 Å². The minimum atomic E-state index is -0.525. The minimum absolute atomic E-state index is 0.139. The summed E-state index contributed by atoms with van der Waals surface area (Å²) in [5.74, 6) is -0.139. The Morgan fingerprint density at radius 1 is 1.12 bits per heavy atom. The van der Waals surface area contributed by atoms with Crippen LogP contribution in [0.3, 0.4) is 0 Å². The summed E-state index contributed by atoms with van der Waals surface area (Å²) in [4.78, 5) is 26.7. The molecule has 1 heterocycles. The number of likely N-dealkylation sites (N-methyl/N-ethyl adjacent to an activating group) is 1. The van der Waals surface area contributed by atoms with E-state index in [0.717, 1.165) is 16.8 Å². The average Bonchev–Trinajstić information content (AvgIpc) is 3.01. The average molecular weight is 358 g/mol. The van der Waals surface area contributed by atoms with E-state index in [-0.39, 0.29) is 11.9 Å². The molecule has 1 atom stereocenters. The molecule has 25 heavy (non-hydrogen) atoms. The summed E-state index contributed by atoms with van der Waals surface area (Å²) in [5.41, 5.74) is 2.73. The van der Waals surface area contributed by atoms with Crippen LogP contribution in [0.2, 0.25) is 5.02 Å². The molecule has 2 N–H and O–H groups in total. The van der Waals surface area contributed by atoms with E-state index >= 15 is 0 Å². The number of hydrogen-bond donors (Lipinski definition) is 2. The number of nitrogens with one attached hydrogen (secondary N) is 2. The Balaban J connectivity index is 1.77. The van der Waals surface area contributed by atoms with Gasteiger partial charge in [0.15, 0.2) is 0 Å². The molecule has 1 aliphatic heterocycles. The van der Waals surface area contributed by atoms with Gasteiger partial charge in [-0.15, -0.1) is 0 Å². The number of rotatable bonds is 4. The fourth-order valence-electron chi connectivity index (χ4n) is 3.00. The number of halogens is 1. The molecule has 5 nitrogen and oxygen atoms in total. The lowest BCUT2D eigenvalue weighted by molar-refractivity contribution is -0.122. The van der Waals surface area contributed by atoms with Crippen LogP contribution in [-0.2, 0) is 17.8 Å². The predicted octanol–water partition coefficient (Wildman–Crippen LogP) is 3.12. The van der Waals surface area contributed by atoms with Crippen LogP contribution in [0, 0.1) is 0 Å². The molecule has 0 aromatic heterocycles. The van der Waals surface area contributed by atoms with E-state index in [4.69, 9.17) is 11.6 Å². The lowest BCUT2D eigenvalue weighted by Crippen LogP contribution is -2.51. The highest BCUT2D eigenvalue weighted by atomic mass is 35.5. The van der Waals surface area contributed by atoms with Crippen LogP contribution >= 0.6 is 11.6 Å². The van der Waals surface area contributed by atoms with Gasteiger partial charge in [0.2, 0.25) is 5.91 Å². The molecule has 3 rings (SSSR count). The Kier molecular flexibility index (Phi) is 5.24. The lowest BCUT2D eigenvalue weighted by Gasteiger charge is -2.25. The number of carbonyl (C=O) groups excluding carboxylic acids is 2. The summed E-state index contributed by atoms with van der Waals surface area (Å²) in [7, 11) is 0. The van der Waals surface area contributed by atoms with Crippen molar-refractivity contribution in [3.63, 3.8) is 0 Å². The molecule has 0 fully saturated rings. The van der Waals surface area contributed by atoms with Gasteiger partial charge >= 0.3 is 6.03 Å². The number of benzene rings is 2. The molecule has 0 aliphatic carbocycles. The predicted molar refractivity (Wildman–Crippen MR) is 98.8 cm³/mol. The summed E-state index contributed by atoms with van der Waals surface area (Å²) in [5, 5.41) is 6.36. The lowest BCUT2D eigenvalue weighted by atomic mass is 10.1. The number of carbonyl (C=O) groups is 2. The molecule has 0 spiro atoms. The van der Waals surface area contributed by atoms with Gasteiger partial charge in [-0.3, -0.25) is 9.69 Å². The molecule has 0 saturated heterocycles. The van der Waals surface area contributed by atoms with Crippen molar-refractivity contribution in [3.8, 4) is 0 Å². The van der Waals surface area contributed by atoms with Gasteiger partial charge in [0.05, 0.1) is 0 Å². The maximum Gasteiger partial charge on any atom is 0.322 e. The molecule has 1 aliphatic rings. The van der Waals surface area contributed by atoms with Crippen molar-refractivity contribution in [2.24, 2.45) is 0 Å². The molecular formula is C19H20ClN3O2. The highest BCUT2D eigenvalue weighted by molar-refractivity contribution is 6.30. The summed E-state index contributed by atoms with van der Waals surface area (Å²) < 4.78 is 0. The molecule has 0 bridgehead atoms. The second-order valence-electron chi connectivity index (χ2n) is 5.90. The number of urea groups is 1. The molecule has 0 radical (unpaired) electrons. The van der Waals surface area contributed by atoms with Crippen molar-refractivity contribution in [2.75, 3.05) is 11.4 Å². The zero-order valence-electron chi connectivity index (χ0n) is 14.0. The quantitative estimate of drug-likeness (QED) is 0.883. The van der Waals surface area contributed by atoms with Crippen LogP contribution in [0.5, 0.6) is 0 Å². The van der Waals surface area contributed by atoms with Crippen LogP contribution in [-0.4, -0.2) is 24.5 Å². The van der Waals surface area contributed by atoms with Crippen molar-refractivity contribution in [3.05, 3.63) is 64.7 Å². The first kappa shape index (κ1) is 17.3. The van der Waals surface area contributed by atoms with Gasteiger partial charge in [0.25, 0.3) is 0 Å². The van der Waals surface area contributed by atoms with E-state index < -0.39 is 6.04 Å². The molecular weight excluding hydrogens is 338 g/mol. The number of para-hydroxylation sites is 1. The number of fused-ring (bicyclic) bond motifs is 1. The van der Waals surface area contributed by atoms with Crippen molar-refractivity contribution in [2.45, 2.75) is 25.9 Å². The van der Waals surface area contributed by atoms with Crippen LogP contribution in [0.15, 0.2) is 48.5 Å². The standard InChI is InChI=1S/C19H20ClN3O2/c1-2-21-18(24)17-11-14-5-3-4-6-16(14)23(17)19(25)22-12-13-7-9-15(20)10-8-13/h3-10,17H,2,11-12H2,1H3,(H,21,24)(H,22,25). The zero-order valence-corrected chi connectivity index (χ0v) is 14.7. The first-order chi connectivity index (χ1) is 12.1. The van der Waals surface area contributed by atoms with E-state index in [1.165, 1.54) is 0 Å². The molecule has 130 valence electrons. The third-order valence-electron chi connectivity index (χ3n) is 4.21. The van der Waals surface area contributed by atoms with Crippen LogP contribution in [0.1, 0.15) is 18.1 Å². The van der Waals surface area contributed by atoms with Gasteiger partial charge in [-0.25, -0.2) is 4.79 Å². The van der Waals surface area contributed by atoms with Gasteiger partial charge in [0, 0.05) is 30.2 Å². The molecule has 2 aromatic rings. The van der Waals surface area contributed by atoms with Crippen molar-refractivity contribution >= 4 is 29.2 Å². The Morgan fingerprint density at radius 2 is 1.84 bits per heavy atom. The smallest absolute Gasteiger partial charge is 0.322 e. The topological polar surface area (TPSA) is 61.4 Å². The van der Waals surface area contributed by atoms with Crippen molar-refractivity contribution < 1.29 is 9.59 Å². The Hall–Kier alpha value is -2.53. The third kappa shape index (κ3) is 3.77. The normalized spacial score (nSPS) is 15.6. The number of hydrogen-bond acceptors (Lipinski definition) is 2. The number of amides is 3. The molecule has 0 saturated carbocycles. The maximum absolute atomic E-state index is 12.8. The zero-order chi connectivity index (χ0) is 17.8. The van der Waals surface area contributed by atoms with Crippen molar-refractivity contribution in [1.29, 1.82) is 0 Å². The molecule has 3 amide bonds. The molecule has 1 unspecified atom stereocenters. The SMILES string of the molecule is CCNC(=O)C1Cc2ccccc2N1C(=O)NCc1ccc(Cl)cc1. The fraction of sp³-hybridized carbons (Fsp3) is 0.263. The summed E-state index contributed by atoms with van der Waals surface area (Å²) in [6.07, 6.45) is 0.524. The number of anilines is 1. The van der Waals surface area contributed by atoms with Crippen LogP contribution < -0.4 is 15.5 Å². The summed E-state index contributed by atoms with van der Waals surface area (Å²) >= 11 is 5.88. The van der Waals surface area contributed by atoms with Crippen LogP contribution in [0.4, 0.5) is 10.5 Å². The van der Waals surface area contributed by atoms with Gasteiger partial charge in [0.1, 0.15) is 6.04 Å².